The van der Waals surface area contributed by atoms with Gasteiger partial charge >= 0.3 is 5.97 Å². The number of rotatable bonds is 4. The van der Waals surface area contributed by atoms with Crippen LogP contribution in [0, 0.1) is 5.92 Å². The lowest BCUT2D eigenvalue weighted by atomic mass is 9.98. The molecule has 0 aromatic heterocycles. The predicted molar refractivity (Wildman–Crippen MR) is 61.2 cm³/mol. The molecule has 1 amide bonds. The number of β-amino-alcohol motifs (C(OH)–C–C–N with tert-alkyl or cyclic N) is 1. The third-order valence-corrected chi connectivity index (χ3v) is 3.39. The van der Waals surface area contributed by atoms with Crippen LogP contribution in [0.15, 0.2) is 0 Å². The van der Waals surface area contributed by atoms with Gasteiger partial charge in [0, 0.05) is 13.0 Å². The Morgan fingerprint density at radius 2 is 2.12 bits per heavy atom. The van der Waals surface area contributed by atoms with Crippen molar-refractivity contribution >= 4 is 11.9 Å². The molecule has 17 heavy (non-hydrogen) atoms. The van der Waals surface area contributed by atoms with Crippen LogP contribution < -0.4 is 5.73 Å². The average molecular weight is 244 g/mol. The van der Waals surface area contributed by atoms with Crippen molar-refractivity contribution < 1.29 is 19.8 Å². The van der Waals surface area contributed by atoms with E-state index in [0.29, 0.717) is 0 Å². The molecule has 1 fully saturated rings. The van der Waals surface area contributed by atoms with Gasteiger partial charge < -0.3 is 20.8 Å². The van der Waals surface area contributed by atoms with Gasteiger partial charge in [0.05, 0.1) is 12.1 Å². The van der Waals surface area contributed by atoms with E-state index in [9.17, 15) is 14.7 Å². The summed E-state index contributed by atoms with van der Waals surface area (Å²) in [5.74, 6) is -1.48. The maximum Gasteiger partial charge on any atom is 0.326 e. The van der Waals surface area contributed by atoms with Crippen LogP contribution in [0.3, 0.4) is 0 Å². The summed E-state index contributed by atoms with van der Waals surface area (Å²) in [7, 11) is 0. The molecule has 98 valence electrons. The summed E-state index contributed by atoms with van der Waals surface area (Å²) in [6, 6.07) is -1.65. The summed E-state index contributed by atoms with van der Waals surface area (Å²) in [6.07, 6.45) is 0.0548. The molecule has 4 N–H and O–H groups in total. The lowest BCUT2D eigenvalue weighted by Crippen LogP contribution is -2.50. The van der Waals surface area contributed by atoms with Crippen LogP contribution in [0.25, 0.3) is 0 Å². The molecule has 1 aliphatic rings. The zero-order chi connectivity index (χ0) is 13.2. The molecule has 0 aromatic rings. The average Bonchev–Trinajstić information content (AvgIpc) is 2.68. The largest absolute Gasteiger partial charge is 0.480 e. The van der Waals surface area contributed by atoms with Crippen molar-refractivity contribution in [3.8, 4) is 0 Å². The molecule has 3 unspecified atom stereocenters. The first-order chi connectivity index (χ1) is 7.88. The molecule has 6 heteroatoms. The van der Waals surface area contributed by atoms with E-state index in [1.165, 1.54) is 4.90 Å². The second-order valence-corrected chi connectivity index (χ2v) is 4.65. The highest BCUT2D eigenvalue weighted by atomic mass is 16.4. The third-order valence-electron chi connectivity index (χ3n) is 3.39. The monoisotopic (exact) mass is 244 g/mol. The van der Waals surface area contributed by atoms with Crippen LogP contribution in [0.5, 0.6) is 0 Å². The van der Waals surface area contributed by atoms with Crippen molar-refractivity contribution in [3.05, 3.63) is 0 Å². The number of carboxylic acid groups (broad SMARTS) is 1. The molecule has 1 saturated heterocycles. The Kier molecular flexibility index (Phi) is 4.47. The first-order valence-corrected chi connectivity index (χ1v) is 5.85. The van der Waals surface area contributed by atoms with Gasteiger partial charge in [-0.1, -0.05) is 20.3 Å². The smallest absolute Gasteiger partial charge is 0.326 e. The maximum atomic E-state index is 12.0. The lowest BCUT2D eigenvalue weighted by Gasteiger charge is -2.27. The van der Waals surface area contributed by atoms with Gasteiger partial charge in [-0.05, 0) is 5.92 Å². The normalized spacial score (nSPS) is 27.9. The number of likely N-dealkylation sites (tertiary alicyclic amines) is 1. The van der Waals surface area contributed by atoms with Gasteiger partial charge in [0.2, 0.25) is 5.91 Å². The van der Waals surface area contributed by atoms with Crippen LogP contribution >= 0.6 is 0 Å². The van der Waals surface area contributed by atoms with E-state index in [-0.39, 0.29) is 24.8 Å². The Morgan fingerprint density at radius 3 is 2.59 bits per heavy atom. The number of hydrogen-bond acceptors (Lipinski definition) is 4. The fourth-order valence-corrected chi connectivity index (χ4v) is 1.98. The highest BCUT2D eigenvalue weighted by Gasteiger charge is 2.41. The van der Waals surface area contributed by atoms with Gasteiger partial charge in [0.1, 0.15) is 6.04 Å². The SMILES string of the molecule is CCC(C)C(N)C(=O)N1CC(O)C[C@H]1C(=O)O. The van der Waals surface area contributed by atoms with E-state index in [0.717, 1.165) is 6.42 Å². The fourth-order valence-electron chi connectivity index (χ4n) is 1.98. The Labute approximate surface area is 100 Å². The molecule has 1 aliphatic heterocycles. The molecule has 1 rings (SSSR count). The zero-order valence-corrected chi connectivity index (χ0v) is 10.2. The Morgan fingerprint density at radius 1 is 1.53 bits per heavy atom. The minimum atomic E-state index is -1.09. The van der Waals surface area contributed by atoms with E-state index in [2.05, 4.69) is 0 Å². The van der Waals surface area contributed by atoms with Crippen molar-refractivity contribution in [2.24, 2.45) is 11.7 Å². The number of carbonyl (C=O) groups excluding carboxylic acids is 1. The summed E-state index contributed by atoms with van der Waals surface area (Å²) in [6.45, 7) is 3.83. The standard InChI is InChI=1S/C11H20N2O4/c1-3-6(2)9(12)10(15)13-5-7(14)4-8(13)11(16)17/h6-9,14H,3-5,12H2,1-2H3,(H,16,17)/t6?,7?,8-,9?/m0/s1. The molecule has 0 spiro atoms. The number of carbonyl (C=O) groups is 2. The zero-order valence-electron chi connectivity index (χ0n) is 10.2. The number of nitrogens with two attached hydrogens (primary N) is 1. The second kappa shape index (κ2) is 5.46. The van der Waals surface area contributed by atoms with Crippen LogP contribution in [0.2, 0.25) is 0 Å². The van der Waals surface area contributed by atoms with Crippen molar-refractivity contribution in [3.63, 3.8) is 0 Å². The van der Waals surface area contributed by atoms with E-state index >= 15 is 0 Å². The molecular weight excluding hydrogens is 224 g/mol. The van der Waals surface area contributed by atoms with Crippen molar-refractivity contribution in [2.75, 3.05) is 6.54 Å². The van der Waals surface area contributed by atoms with Crippen LogP contribution in [-0.4, -0.2) is 51.7 Å². The van der Waals surface area contributed by atoms with Gasteiger partial charge in [-0.15, -0.1) is 0 Å². The topological polar surface area (TPSA) is 104 Å². The number of aliphatic hydroxyl groups excluding tert-OH is 1. The minimum absolute atomic E-state index is 0.00492. The van der Waals surface area contributed by atoms with Gasteiger partial charge in [-0.3, -0.25) is 4.79 Å². The Bertz CT molecular complexity index is 308. The highest BCUT2D eigenvalue weighted by molar-refractivity contribution is 5.87. The molecule has 0 radical (unpaired) electrons. The van der Waals surface area contributed by atoms with E-state index in [1.54, 1.807) is 0 Å². The van der Waals surface area contributed by atoms with E-state index < -0.39 is 24.2 Å². The van der Waals surface area contributed by atoms with Crippen molar-refractivity contribution in [1.82, 2.24) is 4.90 Å². The van der Waals surface area contributed by atoms with Gasteiger partial charge in [0.15, 0.2) is 0 Å². The molecule has 1 heterocycles. The first-order valence-electron chi connectivity index (χ1n) is 5.85. The number of amides is 1. The molecule has 0 saturated carbocycles. The summed E-state index contributed by atoms with van der Waals surface area (Å²) < 4.78 is 0. The maximum absolute atomic E-state index is 12.0. The quantitative estimate of drug-likeness (QED) is 0.613. The minimum Gasteiger partial charge on any atom is -0.480 e. The van der Waals surface area contributed by atoms with Crippen LogP contribution in [0.4, 0.5) is 0 Å². The lowest BCUT2D eigenvalue weighted by molar-refractivity contribution is -0.149. The van der Waals surface area contributed by atoms with E-state index in [1.807, 2.05) is 13.8 Å². The molecule has 0 bridgehead atoms. The molecule has 0 aromatic carbocycles. The van der Waals surface area contributed by atoms with Gasteiger partial charge in [-0.2, -0.15) is 0 Å². The fraction of sp³-hybridized carbons (Fsp3) is 0.818. The molecule has 0 aliphatic carbocycles. The number of hydrogen-bond donors (Lipinski definition) is 3. The summed E-state index contributed by atoms with van der Waals surface area (Å²) in [5, 5.41) is 18.4. The molecular formula is C11H20N2O4. The van der Waals surface area contributed by atoms with Crippen molar-refractivity contribution in [2.45, 2.75) is 44.9 Å². The Hall–Kier alpha value is -1.14. The van der Waals surface area contributed by atoms with E-state index in [4.69, 9.17) is 10.8 Å². The number of nitrogens with zero attached hydrogens (tertiary/aromatic N) is 1. The molecule has 6 nitrogen and oxygen atoms in total. The van der Waals surface area contributed by atoms with Gasteiger partial charge in [0.25, 0.3) is 0 Å². The number of aliphatic carboxylic acids is 1. The highest BCUT2D eigenvalue weighted by Crippen LogP contribution is 2.20. The summed E-state index contributed by atoms with van der Waals surface area (Å²) >= 11 is 0. The van der Waals surface area contributed by atoms with Gasteiger partial charge in [-0.25, -0.2) is 4.79 Å². The van der Waals surface area contributed by atoms with Crippen LogP contribution in [-0.2, 0) is 9.59 Å². The molecule has 4 atom stereocenters. The summed E-state index contributed by atoms with van der Waals surface area (Å²) in [4.78, 5) is 24.2. The Balaban J connectivity index is 2.77. The second-order valence-electron chi connectivity index (χ2n) is 4.65. The number of aliphatic hydroxyl groups is 1. The first kappa shape index (κ1) is 13.9. The van der Waals surface area contributed by atoms with Crippen molar-refractivity contribution in [1.29, 1.82) is 0 Å². The number of carboxylic acids is 1. The van der Waals surface area contributed by atoms with Crippen LogP contribution in [0.1, 0.15) is 26.7 Å². The predicted octanol–water partition coefficient (Wildman–Crippen LogP) is -0.594. The third kappa shape index (κ3) is 2.95. The summed E-state index contributed by atoms with van der Waals surface area (Å²) in [5.41, 5.74) is 5.79.